The molecule has 1 aromatic heterocycles. The van der Waals surface area contributed by atoms with E-state index < -0.39 is 17.5 Å². The highest BCUT2D eigenvalue weighted by Gasteiger charge is 2.29. The summed E-state index contributed by atoms with van der Waals surface area (Å²) >= 11 is 0. The molecule has 0 radical (unpaired) electrons. The van der Waals surface area contributed by atoms with Crippen LogP contribution in [0.5, 0.6) is 11.6 Å². The highest BCUT2D eigenvalue weighted by atomic mass is 19.2. The minimum atomic E-state index is -1.03. The Kier molecular flexibility index (Phi) is 6.29. The molecule has 1 fully saturated rings. The van der Waals surface area contributed by atoms with Gasteiger partial charge in [-0.15, -0.1) is 0 Å². The molecule has 2 aromatic carbocycles. The number of carbonyl (C=O) groups is 1. The Balaban J connectivity index is 1.48. The van der Waals surface area contributed by atoms with Crippen LogP contribution >= 0.6 is 0 Å². The summed E-state index contributed by atoms with van der Waals surface area (Å²) in [4.78, 5) is 28.3. The van der Waals surface area contributed by atoms with Gasteiger partial charge in [-0.3, -0.25) is 4.79 Å². The summed E-state index contributed by atoms with van der Waals surface area (Å²) in [5, 5.41) is 0. The molecule has 0 bridgehead atoms. The van der Waals surface area contributed by atoms with Crippen LogP contribution in [0.1, 0.15) is 21.6 Å². The normalized spacial score (nSPS) is 16.2. The molecule has 2 aliphatic rings. The van der Waals surface area contributed by atoms with Gasteiger partial charge in [-0.2, -0.15) is 4.98 Å². The molecule has 0 N–H and O–H groups in total. The lowest BCUT2D eigenvalue weighted by atomic mass is 10.0. The van der Waals surface area contributed by atoms with Crippen molar-refractivity contribution in [3.63, 3.8) is 0 Å². The van der Waals surface area contributed by atoms with Crippen molar-refractivity contribution in [2.24, 2.45) is 0 Å². The number of piperazine rings is 1. The minimum Gasteiger partial charge on any atom is -0.438 e. The molecule has 1 saturated heterocycles. The first-order chi connectivity index (χ1) is 16.9. The Morgan fingerprint density at radius 1 is 0.914 bits per heavy atom. The first kappa shape index (κ1) is 23.1. The Morgan fingerprint density at radius 2 is 1.66 bits per heavy atom. The molecular formula is C25H24F3N5O2. The second-order valence-corrected chi connectivity index (χ2v) is 8.71. The van der Waals surface area contributed by atoms with Crippen LogP contribution in [0.15, 0.2) is 42.5 Å². The van der Waals surface area contributed by atoms with Crippen LogP contribution in [0.2, 0.25) is 0 Å². The van der Waals surface area contributed by atoms with Crippen LogP contribution in [-0.2, 0) is 13.0 Å². The molecule has 0 saturated carbocycles. The number of aromatic nitrogens is 2. The van der Waals surface area contributed by atoms with Crippen molar-refractivity contribution >= 4 is 11.9 Å². The van der Waals surface area contributed by atoms with Crippen molar-refractivity contribution < 1.29 is 22.7 Å². The van der Waals surface area contributed by atoms with Gasteiger partial charge in [0.25, 0.3) is 5.91 Å². The van der Waals surface area contributed by atoms with Gasteiger partial charge in [0.15, 0.2) is 11.6 Å². The number of nitrogens with zero attached hydrogens (tertiary/aromatic N) is 5. The number of ether oxygens (including phenoxy) is 1. The molecule has 0 atom stereocenters. The number of hydrogen-bond acceptors (Lipinski definition) is 6. The van der Waals surface area contributed by atoms with Gasteiger partial charge in [0, 0.05) is 50.8 Å². The van der Waals surface area contributed by atoms with Crippen LogP contribution in [0.3, 0.4) is 0 Å². The maximum Gasteiger partial charge on any atom is 0.254 e. The number of anilines is 1. The zero-order chi connectivity index (χ0) is 24.5. The van der Waals surface area contributed by atoms with Crippen LogP contribution in [0, 0.1) is 17.5 Å². The minimum absolute atomic E-state index is 0.0936. The molecule has 3 heterocycles. The fourth-order valence-corrected chi connectivity index (χ4v) is 4.20. The number of hydrogen-bond donors (Lipinski definition) is 0. The van der Waals surface area contributed by atoms with Gasteiger partial charge >= 0.3 is 0 Å². The van der Waals surface area contributed by atoms with E-state index in [4.69, 9.17) is 9.72 Å². The molecule has 7 nitrogen and oxygen atoms in total. The van der Waals surface area contributed by atoms with Gasteiger partial charge in [0.05, 0.1) is 17.8 Å². The van der Waals surface area contributed by atoms with E-state index in [2.05, 4.69) is 21.8 Å². The zero-order valence-electron chi connectivity index (χ0n) is 19.2. The van der Waals surface area contributed by atoms with E-state index in [0.717, 1.165) is 44.0 Å². The molecular weight excluding hydrogens is 459 g/mol. The monoisotopic (exact) mass is 483 g/mol. The summed E-state index contributed by atoms with van der Waals surface area (Å²) < 4.78 is 46.5. The molecule has 0 aliphatic carbocycles. The quantitative estimate of drug-likeness (QED) is 0.565. The number of amides is 1. The van der Waals surface area contributed by atoms with E-state index in [-0.39, 0.29) is 24.1 Å². The fourth-order valence-electron chi connectivity index (χ4n) is 4.20. The molecule has 2 aliphatic heterocycles. The number of fused-ring (bicyclic) bond motifs is 1. The molecule has 0 unspecified atom stereocenters. The van der Waals surface area contributed by atoms with E-state index >= 15 is 0 Å². The van der Waals surface area contributed by atoms with Crippen LogP contribution in [0.4, 0.5) is 19.1 Å². The standard InChI is InChI=1S/C25H24F3N5O2/c1-31-10-12-32(13-11-31)25-29-22-8-9-33(24(34)16-2-4-17(26)5-3-16)15-19(22)23(30-25)35-18-6-7-20(27)21(28)14-18/h2-7,14H,8-13,15H2,1H3. The second-order valence-electron chi connectivity index (χ2n) is 8.71. The molecule has 5 rings (SSSR count). The highest BCUT2D eigenvalue weighted by molar-refractivity contribution is 5.94. The third-order valence-corrected chi connectivity index (χ3v) is 6.28. The highest BCUT2D eigenvalue weighted by Crippen LogP contribution is 2.32. The Morgan fingerprint density at radius 3 is 2.37 bits per heavy atom. The lowest BCUT2D eigenvalue weighted by molar-refractivity contribution is 0.0732. The average molecular weight is 483 g/mol. The number of carbonyl (C=O) groups excluding carboxylic acids is 1. The largest absolute Gasteiger partial charge is 0.438 e. The van der Waals surface area contributed by atoms with Crippen molar-refractivity contribution in [1.82, 2.24) is 19.8 Å². The molecule has 35 heavy (non-hydrogen) atoms. The van der Waals surface area contributed by atoms with Gasteiger partial charge < -0.3 is 19.4 Å². The fraction of sp³-hybridized carbons (Fsp3) is 0.320. The van der Waals surface area contributed by atoms with Crippen molar-refractivity contribution in [1.29, 1.82) is 0 Å². The van der Waals surface area contributed by atoms with Gasteiger partial charge in [0.2, 0.25) is 11.8 Å². The smallest absolute Gasteiger partial charge is 0.254 e. The first-order valence-corrected chi connectivity index (χ1v) is 11.4. The van der Waals surface area contributed by atoms with Gasteiger partial charge in [0.1, 0.15) is 11.6 Å². The van der Waals surface area contributed by atoms with Crippen LogP contribution in [-0.4, -0.2) is 65.4 Å². The van der Waals surface area contributed by atoms with Crippen molar-refractivity contribution in [2.45, 2.75) is 13.0 Å². The van der Waals surface area contributed by atoms with E-state index in [0.29, 0.717) is 30.0 Å². The van der Waals surface area contributed by atoms with Crippen LogP contribution in [0.25, 0.3) is 0 Å². The van der Waals surface area contributed by atoms with Crippen molar-refractivity contribution in [2.75, 3.05) is 44.7 Å². The Bertz CT molecular complexity index is 1250. The summed E-state index contributed by atoms with van der Waals surface area (Å²) in [6.45, 7) is 3.81. The van der Waals surface area contributed by atoms with E-state index in [1.807, 2.05) is 0 Å². The molecule has 1 amide bonds. The predicted octanol–water partition coefficient (Wildman–Crippen LogP) is 3.64. The number of halogens is 3. The Labute approximate surface area is 200 Å². The van der Waals surface area contributed by atoms with Crippen molar-refractivity contribution in [3.8, 4) is 11.6 Å². The Hall–Kier alpha value is -3.66. The summed E-state index contributed by atoms with van der Waals surface area (Å²) in [5.74, 6) is -1.88. The summed E-state index contributed by atoms with van der Waals surface area (Å²) in [6, 6.07) is 8.65. The zero-order valence-corrected chi connectivity index (χ0v) is 19.2. The SMILES string of the molecule is CN1CCN(c2nc3c(c(Oc4ccc(F)c(F)c4)n2)CN(C(=O)c2ccc(F)cc2)CC3)CC1. The lowest BCUT2D eigenvalue weighted by Crippen LogP contribution is -2.45. The van der Waals surface area contributed by atoms with Gasteiger partial charge in [-0.1, -0.05) is 0 Å². The summed E-state index contributed by atoms with van der Waals surface area (Å²) in [6.07, 6.45) is 0.472. The molecule has 10 heteroatoms. The summed E-state index contributed by atoms with van der Waals surface area (Å²) in [7, 11) is 2.05. The third kappa shape index (κ3) is 4.93. The number of benzene rings is 2. The molecule has 3 aromatic rings. The molecule has 182 valence electrons. The summed E-state index contributed by atoms with van der Waals surface area (Å²) in [5.41, 5.74) is 1.72. The first-order valence-electron chi connectivity index (χ1n) is 11.4. The lowest BCUT2D eigenvalue weighted by Gasteiger charge is -2.34. The van der Waals surface area contributed by atoms with Gasteiger partial charge in [-0.05, 0) is 43.4 Å². The van der Waals surface area contributed by atoms with E-state index in [1.165, 1.54) is 30.3 Å². The third-order valence-electron chi connectivity index (χ3n) is 6.28. The average Bonchev–Trinajstić information content (AvgIpc) is 2.86. The maximum absolute atomic E-state index is 13.8. The van der Waals surface area contributed by atoms with E-state index in [9.17, 15) is 18.0 Å². The maximum atomic E-state index is 13.8. The van der Waals surface area contributed by atoms with E-state index in [1.54, 1.807) is 4.90 Å². The number of likely N-dealkylation sites (N-methyl/N-ethyl adjacent to an activating group) is 1. The predicted molar refractivity (Wildman–Crippen MR) is 123 cm³/mol. The number of rotatable bonds is 4. The van der Waals surface area contributed by atoms with Crippen molar-refractivity contribution in [3.05, 3.63) is 76.7 Å². The van der Waals surface area contributed by atoms with Crippen LogP contribution < -0.4 is 9.64 Å². The second kappa shape index (κ2) is 9.53. The molecule has 0 spiro atoms. The van der Waals surface area contributed by atoms with Gasteiger partial charge in [-0.25, -0.2) is 18.2 Å². The topological polar surface area (TPSA) is 61.8 Å².